The number of nitrogens with two attached hydrogens (primary N) is 1. The van der Waals surface area contributed by atoms with Crippen LogP contribution in [0.5, 0.6) is 11.5 Å². The van der Waals surface area contributed by atoms with Gasteiger partial charge in [0, 0.05) is 24.2 Å². The molecule has 0 saturated carbocycles. The Labute approximate surface area is 175 Å². The first-order valence-corrected chi connectivity index (χ1v) is 10.1. The number of nitrogens with zero attached hydrogens (tertiary/aromatic N) is 1. The number of primary amides is 1. The van der Waals surface area contributed by atoms with Gasteiger partial charge < -0.3 is 20.5 Å². The molecule has 2 aromatic rings. The maximum atomic E-state index is 12.3. The third-order valence-corrected chi connectivity index (χ3v) is 5.41. The Bertz CT molecular complexity index is 965. The van der Waals surface area contributed by atoms with E-state index in [0.29, 0.717) is 11.5 Å². The maximum Gasteiger partial charge on any atom is 0.248 e. The molecule has 0 radical (unpaired) electrons. The topological polar surface area (TPSA) is 93.9 Å². The average Bonchev–Trinajstić information content (AvgIpc) is 3.21. The summed E-state index contributed by atoms with van der Waals surface area (Å²) in [5, 5.41) is 2.90. The van der Waals surface area contributed by atoms with E-state index in [0.717, 1.165) is 49.3 Å². The van der Waals surface area contributed by atoms with Crippen LogP contribution in [0.1, 0.15) is 24.0 Å². The minimum atomic E-state index is -0.202. The van der Waals surface area contributed by atoms with Crippen LogP contribution in [0.3, 0.4) is 0 Å². The largest absolute Gasteiger partial charge is 0.454 e. The number of ether oxygens (including phenoxy) is 2. The van der Waals surface area contributed by atoms with E-state index < -0.39 is 0 Å². The van der Waals surface area contributed by atoms with Gasteiger partial charge in [0.1, 0.15) is 0 Å². The van der Waals surface area contributed by atoms with Gasteiger partial charge >= 0.3 is 0 Å². The fourth-order valence-electron chi connectivity index (χ4n) is 3.75. The molecule has 7 nitrogen and oxygen atoms in total. The van der Waals surface area contributed by atoms with Crippen LogP contribution in [-0.2, 0) is 16.1 Å². The molecule has 3 N–H and O–H groups in total. The van der Waals surface area contributed by atoms with Gasteiger partial charge in [0.05, 0.1) is 0 Å². The van der Waals surface area contributed by atoms with Gasteiger partial charge in [-0.1, -0.05) is 18.2 Å². The standard InChI is InChI=1S/C23H25N3O4/c24-23(28)18-8-10-26(11-9-18)14-17-2-1-3-19(12-17)25-22(27)7-5-16-4-6-20-21(13-16)30-15-29-20/h1-7,12-13,18H,8-11,14-15H2,(H2,24,28)(H,25,27). The summed E-state index contributed by atoms with van der Waals surface area (Å²) in [7, 11) is 0. The molecule has 2 aromatic carbocycles. The molecule has 2 heterocycles. The number of amides is 2. The van der Waals surface area contributed by atoms with Crippen LogP contribution < -0.4 is 20.5 Å². The van der Waals surface area contributed by atoms with E-state index >= 15 is 0 Å². The van der Waals surface area contributed by atoms with Crippen LogP contribution >= 0.6 is 0 Å². The Morgan fingerprint density at radius 2 is 1.90 bits per heavy atom. The number of carbonyl (C=O) groups excluding carboxylic acids is 2. The van der Waals surface area contributed by atoms with Crippen molar-refractivity contribution in [2.45, 2.75) is 19.4 Å². The molecule has 1 fully saturated rings. The van der Waals surface area contributed by atoms with Crippen LogP contribution in [0.2, 0.25) is 0 Å². The molecule has 0 spiro atoms. The number of benzene rings is 2. The van der Waals surface area contributed by atoms with Crippen LogP contribution in [-0.4, -0.2) is 36.6 Å². The van der Waals surface area contributed by atoms with Gasteiger partial charge in [-0.05, 0) is 67.4 Å². The summed E-state index contributed by atoms with van der Waals surface area (Å²) >= 11 is 0. The highest BCUT2D eigenvalue weighted by Crippen LogP contribution is 2.32. The summed E-state index contributed by atoms with van der Waals surface area (Å²) in [4.78, 5) is 25.9. The van der Waals surface area contributed by atoms with Crippen molar-refractivity contribution >= 4 is 23.6 Å². The number of piperidine rings is 1. The summed E-state index contributed by atoms with van der Waals surface area (Å²) in [5.74, 6) is 0.987. The van der Waals surface area contributed by atoms with Gasteiger partial charge in [-0.15, -0.1) is 0 Å². The molecule has 4 rings (SSSR count). The number of hydrogen-bond donors (Lipinski definition) is 2. The van der Waals surface area contributed by atoms with Gasteiger partial charge in [0.2, 0.25) is 18.6 Å². The fraction of sp³-hybridized carbons (Fsp3) is 0.304. The van der Waals surface area contributed by atoms with Crippen LogP contribution in [0.25, 0.3) is 6.08 Å². The molecule has 2 aliphatic heterocycles. The third-order valence-electron chi connectivity index (χ3n) is 5.41. The van der Waals surface area contributed by atoms with Gasteiger partial charge in [-0.3, -0.25) is 14.5 Å². The smallest absolute Gasteiger partial charge is 0.248 e. The SMILES string of the molecule is NC(=O)C1CCN(Cc2cccc(NC(=O)C=Cc3ccc4c(c3)OCO4)c2)CC1. The molecule has 0 aromatic heterocycles. The van der Waals surface area contributed by atoms with E-state index in [-0.39, 0.29) is 24.5 Å². The molecule has 0 aliphatic carbocycles. The van der Waals surface area contributed by atoms with Gasteiger partial charge in [-0.2, -0.15) is 0 Å². The fourth-order valence-corrected chi connectivity index (χ4v) is 3.75. The van der Waals surface area contributed by atoms with Crippen molar-refractivity contribution in [1.29, 1.82) is 0 Å². The first-order chi connectivity index (χ1) is 14.6. The van der Waals surface area contributed by atoms with Crippen LogP contribution in [0.15, 0.2) is 48.5 Å². The van der Waals surface area contributed by atoms with E-state index in [1.807, 2.05) is 42.5 Å². The lowest BCUT2D eigenvalue weighted by Crippen LogP contribution is -2.38. The summed E-state index contributed by atoms with van der Waals surface area (Å²) in [6.07, 6.45) is 4.84. The van der Waals surface area contributed by atoms with Gasteiger partial charge in [0.15, 0.2) is 11.5 Å². The summed E-state index contributed by atoms with van der Waals surface area (Å²) in [6.45, 7) is 2.70. The van der Waals surface area contributed by atoms with Crippen molar-refractivity contribution < 1.29 is 19.1 Å². The number of likely N-dealkylation sites (tertiary alicyclic amines) is 1. The minimum absolute atomic E-state index is 0.0107. The summed E-state index contributed by atoms with van der Waals surface area (Å²) < 4.78 is 10.6. The van der Waals surface area contributed by atoms with E-state index in [1.165, 1.54) is 6.08 Å². The zero-order chi connectivity index (χ0) is 20.9. The number of anilines is 1. The van der Waals surface area contributed by atoms with Crippen molar-refractivity contribution in [3.05, 3.63) is 59.7 Å². The molecule has 156 valence electrons. The highest BCUT2D eigenvalue weighted by Gasteiger charge is 2.23. The molecular weight excluding hydrogens is 382 g/mol. The Hall–Kier alpha value is -3.32. The van der Waals surface area contributed by atoms with Crippen molar-refractivity contribution in [3.63, 3.8) is 0 Å². The van der Waals surface area contributed by atoms with Gasteiger partial charge in [0.25, 0.3) is 0 Å². The number of hydrogen-bond acceptors (Lipinski definition) is 5. The van der Waals surface area contributed by atoms with Crippen molar-refractivity contribution in [3.8, 4) is 11.5 Å². The predicted octanol–water partition coefficient (Wildman–Crippen LogP) is 2.76. The lowest BCUT2D eigenvalue weighted by Gasteiger charge is -2.30. The highest BCUT2D eigenvalue weighted by molar-refractivity contribution is 6.02. The van der Waals surface area contributed by atoms with E-state index in [9.17, 15) is 9.59 Å². The normalized spacial score (nSPS) is 16.7. The maximum absolute atomic E-state index is 12.3. The molecule has 0 atom stereocenters. The molecule has 7 heteroatoms. The van der Waals surface area contributed by atoms with Gasteiger partial charge in [-0.25, -0.2) is 0 Å². The zero-order valence-corrected chi connectivity index (χ0v) is 16.7. The number of carbonyl (C=O) groups is 2. The predicted molar refractivity (Wildman–Crippen MR) is 114 cm³/mol. The van der Waals surface area contributed by atoms with E-state index in [2.05, 4.69) is 10.2 Å². The van der Waals surface area contributed by atoms with Crippen molar-refractivity contribution in [2.75, 3.05) is 25.2 Å². The lowest BCUT2D eigenvalue weighted by molar-refractivity contribution is -0.123. The van der Waals surface area contributed by atoms with Crippen LogP contribution in [0, 0.1) is 5.92 Å². The van der Waals surface area contributed by atoms with E-state index in [1.54, 1.807) is 6.08 Å². The monoisotopic (exact) mass is 407 g/mol. The summed E-state index contributed by atoms with van der Waals surface area (Å²) in [6, 6.07) is 13.4. The van der Waals surface area contributed by atoms with Crippen LogP contribution in [0.4, 0.5) is 5.69 Å². The van der Waals surface area contributed by atoms with E-state index in [4.69, 9.17) is 15.2 Å². The molecular formula is C23H25N3O4. The zero-order valence-electron chi connectivity index (χ0n) is 16.7. The second-order valence-corrected chi connectivity index (χ2v) is 7.59. The first kappa shape index (κ1) is 20.0. The number of nitrogens with one attached hydrogen (secondary N) is 1. The molecule has 0 bridgehead atoms. The summed E-state index contributed by atoms with van der Waals surface area (Å²) in [5.41, 5.74) is 8.13. The van der Waals surface area contributed by atoms with Crippen molar-refractivity contribution in [2.24, 2.45) is 11.7 Å². The molecule has 1 saturated heterocycles. The molecule has 2 aliphatic rings. The molecule has 30 heavy (non-hydrogen) atoms. The number of fused-ring (bicyclic) bond motifs is 1. The first-order valence-electron chi connectivity index (χ1n) is 10.1. The Morgan fingerprint density at radius 1 is 1.10 bits per heavy atom. The second-order valence-electron chi connectivity index (χ2n) is 7.59. The lowest BCUT2D eigenvalue weighted by atomic mass is 9.96. The molecule has 2 amide bonds. The minimum Gasteiger partial charge on any atom is -0.454 e. The van der Waals surface area contributed by atoms with Crippen molar-refractivity contribution in [1.82, 2.24) is 4.90 Å². The number of rotatable bonds is 6. The Kier molecular flexibility index (Phi) is 5.99. The second kappa shape index (κ2) is 9.00. The molecule has 0 unspecified atom stereocenters. The quantitative estimate of drug-likeness (QED) is 0.718. The third kappa shape index (κ3) is 4.99. The Balaban J connectivity index is 1.31. The Morgan fingerprint density at radius 3 is 2.70 bits per heavy atom. The average molecular weight is 407 g/mol. The highest BCUT2D eigenvalue weighted by atomic mass is 16.7.